The van der Waals surface area contributed by atoms with E-state index in [2.05, 4.69) is 37.2 Å². The zero-order valence-electron chi connectivity index (χ0n) is 10.5. The normalized spacial score (nSPS) is 24.6. The van der Waals surface area contributed by atoms with Gasteiger partial charge in [-0.25, -0.2) is 4.79 Å². The van der Waals surface area contributed by atoms with Gasteiger partial charge in [0.05, 0.1) is 8.96 Å². The van der Waals surface area contributed by atoms with Crippen LogP contribution in [-0.2, 0) is 19.1 Å². The summed E-state index contributed by atoms with van der Waals surface area (Å²) in [7, 11) is 0. The van der Waals surface area contributed by atoms with E-state index >= 15 is 0 Å². The molecule has 1 unspecified atom stereocenters. The first kappa shape index (κ1) is 15.2. The number of allylic oxidation sites excluding steroid dienone is 3. The zero-order valence-corrected chi connectivity index (χ0v) is 13.7. The third-order valence-electron chi connectivity index (χ3n) is 2.91. The maximum Gasteiger partial charge on any atom is 0.330 e. The molecule has 0 bridgehead atoms. The average molecular weight is 405 g/mol. The van der Waals surface area contributed by atoms with Crippen molar-refractivity contribution in [1.82, 2.24) is 5.32 Å². The van der Waals surface area contributed by atoms with Gasteiger partial charge in [-0.15, -0.1) is 0 Å². The largest absolute Gasteiger partial charge is 0.449 e. The molecule has 5 nitrogen and oxygen atoms in total. The number of carbonyl (C=O) groups excluding carboxylic acids is 3. The molecule has 0 aromatic carbocycles. The molecular formula is C13H11Br2NO4. The van der Waals surface area contributed by atoms with E-state index in [1.807, 2.05) is 0 Å². The summed E-state index contributed by atoms with van der Waals surface area (Å²) in [5.74, 6) is -1.09. The van der Waals surface area contributed by atoms with E-state index in [9.17, 15) is 14.4 Å². The molecule has 0 radical (unpaired) electrons. The maximum atomic E-state index is 11.8. The highest BCUT2D eigenvalue weighted by Gasteiger charge is 2.47. The molecule has 1 saturated heterocycles. The maximum absolute atomic E-state index is 11.8. The number of esters is 1. The van der Waals surface area contributed by atoms with Crippen LogP contribution in [0.25, 0.3) is 0 Å². The van der Waals surface area contributed by atoms with Crippen LogP contribution in [0.3, 0.4) is 0 Å². The van der Waals surface area contributed by atoms with Crippen LogP contribution in [0.15, 0.2) is 33.3 Å². The highest BCUT2D eigenvalue weighted by Crippen LogP contribution is 2.38. The number of amides is 1. The van der Waals surface area contributed by atoms with Gasteiger partial charge in [0.2, 0.25) is 11.7 Å². The number of ketones is 1. The summed E-state index contributed by atoms with van der Waals surface area (Å²) in [5.41, 5.74) is -1.00. The molecule has 0 aromatic heterocycles. The van der Waals surface area contributed by atoms with Crippen molar-refractivity contribution >= 4 is 49.5 Å². The lowest BCUT2D eigenvalue weighted by atomic mass is 9.92. The molecule has 1 fully saturated rings. The quantitative estimate of drug-likeness (QED) is 0.563. The minimum Gasteiger partial charge on any atom is -0.449 e. The number of halogens is 2. The summed E-state index contributed by atoms with van der Waals surface area (Å²) < 4.78 is 5.97. The Balaban J connectivity index is 2.20. The first-order chi connectivity index (χ1) is 9.37. The molecule has 106 valence electrons. The van der Waals surface area contributed by atoms with Gasteiger partial charge < -0.3 is 10.1 Å². The Hall–Kier alpha value is -1.21. The fourth-order valence-corrected chi connectivity index (χ4v) is 3.54. The molecule has 0 aromatic rings. The second-order valence-electron chi connectivity index (χ2n) is 4.46. The molecule has 1 amide bonds. The van der Waals surface area contributed by atoms with Crippen LogP contribution < -0.4 is 5.32 Å². The number of hydrogen-bond donors (Lipinski definition) is 1. The molecule has 0 saturated carbocycles. The molecule has 1 heterocycles. The first-order valence-electron chi connectivity index (χ1n) is 5.84. The predicted molar refractivity (Wildman–Crippen MR) is 79.2 cm³/mol. The lowest BCUT2D eigenvalue weighted by Crippen LogP contribution is -2.37. The van der Waals surface area contributed by atoms with E-state index in [1.54, 1.807) is 25.2 Å². The van der Waals surface area contributed by atoms with Crippen molar-refractivity contribution in [1.29, 1.82) is 0 Å². The van der Waals surface area contributed by atoms with E-state index in [0.717, 1.165) is 0 Å². The van der Waals surface area contributed by atoms with Gasteiger partial charge in [-0.05, 0) is 57.0 Å². The molecule has 1 atom stereocenters. The third-order valence-corrected chi connectivity index (χ3v) is 4.09. The molecule has 7 heteroatoms. The summed E-state index contributed by atoms with van der Waals surface area (Å²) in [5, 5.41) is 2.57. The van der Waals surface area contributed by atoms with Crippen LogP contribution in [-0.4, -0.2) is 29.3 Å². The molecule has 2 aliphatic rings. The van der Waals surface area contributed by atoms with Crippen molar-refractivity contribution in [2.24, 2.45) is 0 Å². The highest BCUT2D eigenvalue weighted by molar-refractivity contribution is 9.13. The minimum atomic E-state index is -1.00. The summed E-state index contributed by atoms with van der Waals surface area (Å²) in [6, 6.07) is -0.736. The fraction of sp³-hybridized carbons (Fsp3) is 0.308. The number of nitrogens with one attached hydrogen (secondary N) is 1. The number of Topliss-reactive ketones (excluding diaryl/α,β-unsaturated/α-hetero) is 1. The zero-order chi connectivity index (χ0) is 14.9. The smallest absolute Gasteiger partial charge is 0.330 e. The van der Waals surface area contributed by atoms with Crippen LogP contribution in [0.1, 0.15) is 13.3 Å². The Labute approximate surface area is 132 Å². The van der Waals surface area contributed by atoms with Crippen molar-refractivity contribution in [3.05, 3.63) is 33.3 Å². The Morgan fingerprint density at radius 1 is 1.40 bits per heavy atom. The number of hydrogen-bond acceptors (Lipinski definition) is 4. The first-order valence-corrected chi connectivity index (χ1v) is 7.43. The van der Waals surface area contributed by atoms with Crippen LogP contribution in [0.4, 0.5) is 0 Å². The monoisotopic (exact) mass is 403 g/mol. The van der Waals surface area contributed by atoms with E-state index in [-0.39, 0.29) is 18.1 Å². The van der Waals surface area contributed by atoms with Crippen molar-refractivity contribution in [2.45, 2.75) is 25.0 Å². The number of ether oxygens (including phenoxy) is 1. The average Bonchev–Trinajstić information content (AvgIpc) is 2.62. The number of carbonyl (C=O) groups is 3. The highest BCUT2D eigenvalue weighted by atomic mass is 79.9. The summed E-state index contributed by atoms with van der Waals surface area (Å²) in [6.45, 7) is 1.71. The lowest BCUT2D eigenvalue weighted by molar-refractivity contribution is -0.145. The van der Waals surface area contributed by atoms with Crippen molar-refractivity contribution in [3.63, 3.8) is 0 Å². The van der Waals surface area contributed by atoms with Gasteiger partial charge in [-0.1, -0.05) is 6.08 Å². The van der Waals surface area contributed by atoms with E-state index in [1.165, 1.54) is 6.08 Å². The molecule has 2 rings (SSSR count). The van der Waals surface area contributed by atoms with Crippen molar-refractivity contribution < 1.29 is 19.1 Å². The Kier molecular flexibility index (Phi) is 4.29. The SMILES string of the molecule is C/C=C/C(=O)NC1CC2(C=C(Br)C(=O)C(Br)=C2)OC1=O. The molecule has 20 heavy (non-hydrogen) atoms. The molecule has 1 aliphatic carbocycles. The van der Waals surface area contributed by atoms with Crippen LogP contribution >= 0.6 is 31.9 Å². The summed E-state index contributed by atoms with van der Waals surface area (Å²) >= 11 is 6.29. The fourth-order valence-electron chi connectivity index (χ4n) is 2.08. The van der Waals surface area contributed by atoms with Gasteiger partial charge in [0.25, 0.3) is 0 Å². The number of rotatable bonds is 2. The van der Waals surface area contributed by atoms with Gasteiger partial charge in [-0.3, -0.25) is 9.59 Å². The Morgan fingerprint density at radius 3 is 2.55 bits per heavy atom. The Morgan fingerprint density at radius 2 is 2.00 bits per heavy atom. The summed E-state index contributed by atoms with van der Waals surface area (Å²) in [6.07, 6.45) is 6.24. The second-order valence-corrected chi connectivity index (χ2v) is 6.16. The molecular weight excluding hydrogens is 394 g/mol. The van der Waals surface area contributed by atoms with Gasteiger partial charge in [-0.2, -0.15) is 0 Å². The van der Waals surface area contributed by atoms with E-state index in [0.29, 0.717) is 8.96 Å². The predicted octanol–water partition coefficient (Wildman–Crippen LogP) is 1.87. The summed E-state index contributed by atoms with van der Waals surface area (Å²) in [4.78, 5) is 35.0. The molecule has 1 spiro atoms. The minimum absolute atomic E-state index is 0.215. The molecule has 1 N–H and O–H groups in total. The van der Waals surface area contributed by atoms with Gasteiger partial charge in [0.15, 0.2) is 5.60 Å². The second kappa shape index (κ2) is 5.65. The van der Waals surface area contributed by atoms with Gasteiger partial charge in [0, 0.05) is 6.42 Å². The third kappa shape index (κ3) is 2.93. The standard InChI is InChI=1S/C13H11Br2NO4/c1-2-3-10(17)16-9-6-13(20-12(9)19)4-7(14)11(18)8(15)5-13/h2-5,9H,6H2,1H3,(H,16,17)/b3-2+. The van der Waals surface area contributed by atoms with E-state index < -0.39 is 17.6 Å². The lowest BCUT2D eigenvalue weighted by Gasteiger charge is -2.24. The van der Waals surface area contributed by atoms with Gasteiger partial charge >= 0.3 is 5.97 Å². The van der Waals surface area contributed by atoms with Crippen LogP contribution in [0, 0.1) is 0 Å². The van der Waals surface area contributed by atoms with E-state index in [4.69, 9.17) is 4.74 Å². The van der Waals surface area contributed by atoms with Gasteiger partial charge in [0.1, 0.15) is 6.04 Å². The van der Waals surface area contributed by atoms with Crippen molar-refractivity contribution in [3.8, 4) is 0 Å². The van der Waals surface area contributed by atoms with Crippen LogP contribution in [0.2, 0.25) is 0 Å². The molecule has 1 aliphatic heterocycles. The topological polar surface area (TPSA) is 72.5 Å². The van der Waals surface area contributed by atoms with Crippen LogP contribution in [0.5, 0.6) is 0 Å². The Bertz CT molecular complexity index is 555. The van der Waals surface area contributed by atoms with Crippen molar-refractivity contribution in [2.75, 3.05) is 0 Å².